The molecular formula is C19H22N4O. The fourth-order valence-corrected chi connectivity index (χ4v) is 3.18. The standard InChI is InChI=1S/C19H22N4O/c24-18(22-17-8-9-17)15-7-4-10-23(13-15)19-20-11-16(12-21-19)14-5-2-1-3-6-14/h1-3,5-6,11-12,15,17H,4,7-10,13H2,(H,22,24). The summed E-state index contributed by atoms with van der Waals surface area (Å²) >= 11 is 0. The molecule has 1 amide bonds. The van der Waals surface area contributed by atoms with Crippen molar-refractivity contribution in [3.63, 3.8) is 0 Å². The number of nitrogens with zero attached hydrogens (tertiary/aromatic N) is 3. The summed E-state index contributed by atoms with van der Waals surface area (Å²) < 4.78 is 0. The van der Waals surface area contributed by atoms with E-state index < -0.39 is 0 Å². The minimum atomic E-state index is 0.0525. The van der Waals surface area contributed by atoms with Gasteiger partial charge in [-0.3, -0.25) is 4.79 Å². The average molecular weight is 322 g/mol. The van der Waals surface area contributed by atoms with Crippen LogP contribution in [0.4, 0.5) is 5.95 Å². The number of piperidine rings is 1. The molecule has 1 aliphatic carbocycles. The van der Waals surface area contributed by atoms with Crippen LogP contribution in [0.3, 0.4) is 0 Å². The highest BCUT2D eigenvalue weighted by molar-refractivity contribution is 5.80. The van der Waals surface area contributed by atoms with Crippen molar-refractivity contribution in [3.05, 3.63) is 42.7 Å². The zero-order valence-corrected chi connectivity index (χ0v) is 13.7. The minimum Gasteiger partial charge on any atom is -0.353 e. The van der Waals surface area contributed by atoms with Gasteiger partial charge < -0.3 is 10.2 Å². The zero-order valence-electron chi connectivity index (χ0n) is 13.7. The normalized spacial score (nSPS) is 20.7. The third-order valence-electron chi connectivity index (χ3n) is 4.74. The molecule has 1 saturated heterocycles. The van der Waals surface area contributed by atoms with E-state index in [9.17, 15) is 4.79 Å². The Morgan fingerprint density at radius 3 is 2.50 bits per heavy atom. The lowest BCUT2D eigenvalue weighted by molar-refractivity contribution is -0.125. The molecule has 0 spiro atoms. The fraction of sp³-hybridized carbons (Fsp3) is 0.421. The van der Waals surface area contributed by atoms with E-state index >= 15 is 0 Å². The second kappa shape index (κ2) is 6.59. The lowest BCUT2D eigenvalue weighted by Crippen LogP contribution is -2.44. The molecule has 5 nitrogen and oxygen atoms in total. The van der Waals surface area contributed by atoms with Crippen LogP contribution in [0, 0.1) is 5.92 Å². The molecule has 0 bridgehead atoms. The van der Waals surface area contributed by atoms with E-state index in [4.69, 9.17) is 0 Å². The van der Waals surface area contributed by atoms with Crippen LogP contribution in [0.5, 0.6) is 0 Å². The third-order valence-corrected chi connectivity index (χ3v) is 4.74. The Morgan fingerprint density at radius 1 is 1.04 bits per heavy atom. The van der Waals surface area contributed by atoms with Crippen LogP contribution >= 0.6 is 0 Å². The number of aromatic nitrogens is 2. The van der Waals surface area contributed by atoms with E-state index in [1.54, 1.807) is 0 Å². The van der Waals surface area contributed by atoms with Crippen molar-refractivity contribution in [1.82, 2.24) is 15.3 Å². The number of benzene rings is 1. The second-order valence-electron chi connectivity index (χ2n) is 6.71. The van der Waals surface area contributed by atoms with E-state index in [1.165, 1.54) is 0 Å². The summed E-state index contributed by atoms with van der Waals surface area (Å²) in [5, 5.41) is 3.12. The van der Waals surface area contributed by atoms with Crippen LogP contribution in [0.2, 0.25) is 0 Å². The number of anilines is 1. The highest BCUT2D eigenvalue weighted by Crippen LogP contribution is 2.24. The highest BCUT2D eigenvalue weighted by Gasteiger charge is 2.31. The molecule has 1 aliphatic heterocycles. The monoisotopic (exact) mass is 322 g/mol. The number of carbonyl (C=O) groups is 1. The van der Waals surface area contributed by atoms with Crippen LogP contribution in [0.15, 0.2) is 42.7 Å². The molecular weight excluding hydrogens is 300 g/mol. The first-order valence-corrected chi connectivity index (χ1v) is 8.72. The predicted molar refractivity (Wildman–Crippen MR) is 93.6 cm³/mol. The second-order valence-corrected chi connectivity index (χ2v) is 6.71. The largest absolute Gasteiger partial charge is 0.353 e. The molecule has 4 rings (SSSR count). The van der Waals surface area contributed by atoms with Gasteiger partial charge in [0.25, 0.3) is 0 Å². The van der Waals surface area contributed by atoms with Gasteiger partial charge in [-0.1, -0.05) is 30.3 Å². The lowest BCUT2D eigenvalue weighted by atomic mass is 9.97. The molecule has 0 radical (unpaired) electrons. The van der Waals surface area contributed by atoms with Crippen molar-refractivity contribution in [2.75, 3.05) is 18.0 Å². The summed E-state index contributed by atoms with van der Waals surface area (Å²) in [7, 11) is 0. The van der Waals surface area contributed by atoms with E-state index in [-0.39, 0.29) is 11.8 Å². The molecule has 2 aliphatic rings. The SMILES string of the molecule is O=C(NC1CC1)C1CCCN(c2ncc(-c3ccccc3)cn2)C1. The molecule has 2 aromatic rings. The summed E-state index contributed by atoms with van der Waals surface area (Å²) in [5.41, 5.74) is 2.13. The van der Waals surface area contributed by atoms with Gasteiger partial charge in [0.05, 0.1) is 5.92 Å². The quantitative estimate of drug-likeness (QED) is 0.940. The molecule has 1 aromatic carbocycles. The lowest BCUT2D eigenvalue weighted by Gasteiger charge is -2.32. The molecule has 124 valence electrons. The fourth-order valence-electron chi connectivity index (χ4n) is 3.18. The van der Waals surface area contributed by atoms with Gasteiger partial charge in [0, 0.05) is 37.1 Å². The first-order valence-electron chi connectivity index (χ1n) is 8.72. The molecule has 1 atom stereocenters. The summed E-state index contributed by atoms with van der Waals surface area (Å²) in [5.74, 6) is 0.971. The highest BCUT2D eigenvalue weighted by atomic mass is 16.2. The molecule has 1 aromatic heterocycles. The van der Waals surface area contributed by atoms with Gasteiger partial charge in [-0.25, -0.2) is 9.97 Å². The summed E-state index contributed by atoms with van der Waals surface area (Å²) in [6, 6.07) is 10.6. The first-order chi connectivity index (χ1) is 11.8. The van der Waals surface area contributed by atoms with Gasteiger partial charge in [-0.05, 0) is 31.2 Å². The third kappa shape index (κ3) is 3.40. The van der Waals surface area contributed by atoms with Crippen molar-refractivity contribution in [2.45, 2.75) is 31.7 Å². The van der Waals surface area contributed by atoms with E-state index in [0.29, 0.717) is 12.6 Å². The van der Waals surface area contributed by atoms with Gasteiger partial charge >= 0.3 is 0 Å². The maximum Gasteiger partial charge on any atom is 0.225 e. The Labute approximate surface area is 142 Å². The summed E-state index contributed by atoms with van der Waals surface area (Å²) in [6.45, 7) is 1.63. The zero-order chi connectivity index (χ0) is 16.4. The van der Waals surface area contributed by atoms with Gasteiger partial charge in [0.2, 0.25) is 11.9 Å². The van der Waals surface area contributed by atoms with Crippen molar-refractivity contribution in [3.8, 4) is 11.1 Å². The maximum absolute atomic E-state index is 12.3. The molecule has 2 fully saturated rings. The molecule has 24 heavy (non-hydrogen) atoms. The summed E-state index contributed by atoms with van der Waals surface area (Å²) in [4.78, 5) is 23.5. The van der Waals surface area contributed by atoms with Crippen LogP contribution in [0.1, 0.15) is 25.7 Å². The molecule has 2 heterocycles. The number of hydrogen-bond donors (Lipinski definition) is 1. The number of nitrogens with one attached hydrogen (secondary N) is 1. The molecule has 1 unspecified atom stereocenters. The topological polar surface area (TPSA) is 58.1 Å². The number of hydrogen-bond acceptors (Lipinski definition) is 4. The van der Waals surface area contributed by atoms with Gasteiger partial charge in [0.1, 0.15) is 0 Å². The van der Waals surface area contributed by atoms with Crippen molar-refractivity contribution >= 4 is 11.9 Å². The Kier molecular flexibility index (Phi) is 4.15. The van der Waals surface area contributed by atoms with Gasteiger partial charge in [-0.15, -0.1) is 0 Å². The van der Waals surface area contributed by atoms with Crippen molar-refractivity contribution < 1.29 is 4.79 Å². The number of carbonyl (C=O) groups excluding carboxylic acids is 1. The van der Waals surface area contributed by atoms with Crippen molar-refractivity contribution in [1.29, 1.82) is 0 Å². The van der Waals surface area contributed by atoms with Crippen LogP contribution < -0.4 is 10.2 Å². The smallest absolute Gasteiger partial charge is 0.225 e. The maximum atomic E-state index is 12.3. The Balaban J connectivity index is 1.44. The van der Waals surface area contributed by atoms with Gasteiger partial charge in [-0.2, -0.15) is 0 Å². The van der Waals surface area contributed by atoms with Crippen LogP contribution in [-0.2, 0) is 4.79 Å². The Morgan fingerprint density at radius 2 is 1.79 bits per heavy atom. The average Bonchev–Trinajstić information content (AvgIpc) is 3.47. The Bertz CT molecular complexity index is 697. The van der Waals surface area contributed by atoms with Gasteiger partial charge in [0.15, 0.2) is 0 Å². The van der Waals surface area contributed by atoms with Crippen molar-refractivity contribution in [2.24, 2.45) is 5.92 Å². The Hall–Kier alpha value is -2.43. The van der Waals surface area contributed by atoms with Crippen LogP contribution in [-0.4, -0.2) is 35.0 Å². The van der Waals surface area contributed by atoms with Crippen LogP contribution in [0.25, 0.3) is 11.1 Å². The molecule has 1 N–H and O–H groups in total. The van der Waals surface area contributed by atoms with E-state index in [2.05, 4.69) is 32.3 Å². The predicted octanol–water partition coefficient (Wildman–Crippen LogP) is 2.64. The minimum absolute atomic E-state index is 0.0525. The molecule has 1 saturated carbocycles. The number of amides is 1. The summed E-state index contributed by atoms with van der Waals surface area (Å²) in [6.07, 6.45) is 7.96. The van der Waals surface area contributed by atoms with E-state index in [0.717, 1.165) is 49.3 Å². The first kappa shape index (κ1) is 15.1. The van der Waals surface area contributed by atoms with E-state index in [1.807, 2.05) is 30.6 Å². The number of rotatable bonds is 4. The molecule has 5 heteroatoms.